The first-order valence-corrected chi connectivity index (χ1v) is 14.3. The minimum absolute atomic E-state index is 0.0396. The number of rotatable bonds is 19. The van der Waals surface area contributed by atoms with Crippen LogP contribution in [0.5, 0.6) is 5.75 Å². The zero-order chi connectivity index (χ0) is 28.6. The number of ether oxygens (including phenoxy) is 1. The van der Waals surface area contributed by atoms with Crippen LogP contribution in [-0.4, -0.2) is 52.7 Å². The molecular formula is C33H43NO6. The van der Waals surface area contributed by atoms with Gasteiger partial charge in [-0.15, -0.1) is 0 Å². The smallest absolute Gasteiger partial charge is 0.307 e. The highest BCUT2D eigenvalue weighted by atomic mass is 16.5. The third-order valence-corrected chi connectivity index (χ3v) is 6.96. The fourth-order valence-corrected chi connectivity index (χ4v) is 4.64. The Labute approximate surface area is 237 Å². The van der Waals surface area contributed by atoms with Crippen molar-refractivity contribution in [1.82, 2.24) is 5.32 Å². The van der Waals surface area contributed by atoms with Crippen LogP contribution in [0.2, 0.25) is 0 Å². The lowest BCUT2D eigenvalue weighted by Gasteiger charge is -2.14. The maximum atomic E-state index is 10.9. The molecule has 3 aromatic rings. The van der Waals surface area contributed by atoms with Crippen LogP contribution in [0.1, 0.15) is 66.9 Å². The van der Waals surface area contributed by atoms with Gasteiger partial charge in [0.25, 0.3) is 0 Å². The highest BCUT2D eigenvalue weighted by Gasteiger charge is 2.10. The largest absolute Gasteiger partial charge is 0.508 e. The van der Waals surface area contributed by atoms with E-state index >= 15 is 0 Å². The van der Waals surface area contributed by atoms with E-state index in [1.54, 1.807) is 12.1 Å². The van der Waals surface area contributed by atoms with Gasteiger partial charge in [-0.05, 0) is 78.6 Å². The molecular weight excluding hydrogens is 506 g/mol. The second-order valence-electron chi connectivity index (χ2n) is 10.2. The Balaban J connectivity index is 1.18. The van der Waals surface area contributed by atoms with Gasteiger partial charge in [0.2, 0.25) is 0 Å². The van der Waals surface area contributed by atoms with Crippen molar-refractivity contribution in [2.24, 2.45) is 0 Å². The van der Waals surface area contributed by atoms with E-state index in [9.17, 15) is 20.1 Å². The monoisotopic (exact) mass is 549 g/mol. The van der Waals surface area contributed by atoms with Gasteiger partial charge in [0.1, 0.15) is 5.75 Å². The molecule has 0 saturated heterocycles. The first-order valence-electron chi connectivity index (χ1n) is 14.3. The molecule has 0 saturated carbocycles. The number of nitrogens with one attached hydrogen (secondary N) is 1. The summed E-state index contributed by atoms with van der Waals surface area (Å²) >= 11 is 0. The predicted molar refractivity (Wildman–Crippen MR) is 157 cm³/mol. The van der Waals surface area contributed by atoms with Crippen molar-refractivity contribution < 1.29 is 30.0 Å². The molecule has 0 amide bonds. The Hall–Kier alpha value is -3.23. The van der Waals surface area contributed by atoms with Crippen molar-refractivity contribution in [2.45, 2.75) is 64.1 Å². The van der Waals surface area contributed by atoms with Crippen LogP contribution in [-0.2, 0) is 29.0 Å². The van der Waals surface area contributed by atoms with E-state index in [4.69, 9.17) is 9.84 Å². The average molecular weight is 550 g/mol. The van der Waals surface area contributed by atoms with Gasteiger partial charge < -0.3 is 30.5 Å². The van der Waals surface area contributed by atoms with E-state index in [2.05, 4.69) is 29.6 Å². The Morgan fingerprint density at radius 1 is 0.825 bits per heavy atom. The molecule has 0 fully saturated rings. The van der Waals surface area contributed by atoms with Gasteiger partial charge in [0, 0.05) is 25.3 Å². The highest BCUT2D eigenvalue weighted by Crippen LogP contribution is 2.23. The molecule has 1 atom stereocenters. The molecule has 7 heteroatoms. The summed E-state index contributed by atoms with van der Waals surface area (Å²) in [7, 11) is 0. The Morgan fingerprint density at radius 2 is 1.57 bits per heavy atom. The fourth-order valence-electron chi connectivity index (χ4n) is 4.64. The van der Waals surface area contributed by atoms with Crippen molar-refractivity contribution in [3.8, 4) is 16.9 Å². The summed E-state index contributed by atoms with van der Waals surface area (Å²) in [6, 6.07) is 21.1. The van der Waals surface area contributed by atoms with Crippen LogP contribution in [0.4, 0.5) is 0 Å². The van der Waals surface area contributed by atoms with Crippen LogP contribution in [0.15, 0.2) is 66.7 Å². The average Bonchev–Trinajstić information content (AvgIpc) is 2.96. The standard InChI is InChI=1S/C33H43NO6/c35-24-30-22-29(15-16-31(30)36)32(37)23-34-17-4-1-2-5-18-40-19-6-3-8-25-9-7-10-28(20-25)27-13-11-26(12-14-27)21-33(38)39/h7,9-16,20,22,32,34-37H,1-6,8,17-19,21,23-24H2,(H,38,39). The van der Waals surface area contributed by atoms with Crippen molar-refractivity contribution in [3.63, 3.8) is 0 Å². The van der Waals surface area contributed by atoms with Crippen LogP contribution < -0.4 is 5.32 Å². The molecule has 0 aliphatic heterocycles. The number of benzene rings is 3. The molecule has 0 aliphatic carbocycles. The summed E-state index contributed by atoms with van der Waals surface area (Å²) < 4.78 is 5.81. The molecule has 0 bridgehead atoms. The summed E-state index contributed by atoms with van der Waals surface area (Å²) in [6.45, 7) is 2.58. The summed E-state index contributed by atoms with van der Waals surface area (Å²) in [6.07, 6.45) is 6.79. The van der Waals surface area contributed by atoms with E-state index in [1.165, 1.54) is 11.6 Å². The molecule has 0 aromatic heterocycles. The molecule has 5 N–H and O–H groups in total. The number of hydrogen-bond donors (Lipinski definition) is 5. The maximum Gasteiger partial charge on any atom is 0.307 e. The zero-order valence-corrected chi connectivity index (χ0v) is 23.2. The van der Waals surface area contributed by atoms with Crippen LogP contribution in [0.25, 0.3) is 11.1 Å². The Morgan fingerprint density at radius 3 is 2.33 bits per heavy atom. The van der Waals surface area contributed by atoms with Crippen LogP contribution >= 0.6 is 0 Å². The highest BCUT2D eigenvalue weighted by molar-refractivity contribution is 5.71. The summed E-state index contributed by atoms with van der Waals surface area (Å²) in [4.78, 5) is 10.9. The molecule has 0 heterocycles. The van der Waals surface area contributed by atoms with E-state index in [0.717, 1.165) is 81.4 Å². The number of aliphatic hydroxyl groups excluding tert-OH is 2. The molecule has 0 spiro atoms. The van der Waals surface area contributed by atoms with Crippen LogP contribution in [0, 0.1) is 0 Å². The summed E-state index contributed by atoms with van der Waals surface area (Å²) in [5, 5.41) is 41.4. The normalized spacial score (nSPS) is 11.9. The second-order valence-corrected chi connectivity index (χ2v) is 10.2. The van der Waals surface area contributed by atoms with Gasteiger partial charge in [-0.2, -0.15) is 0 Å². The number of hydrogen-bond acceptors (Lipinski definition) is 6. The quantitative estimate of drug-likeness (QED) is 0.127. The van der Waals surface area contributed by atoms with Crippen molar-refractivity contribution in [2.75, 3.05) is 26.3 Å². The minimum Gasteiger partial charge on any atom is -0.508 e. The van der Waals surface area contributed by atoms with Gasteiger partial charge in [0.15, 0.2) is 0 Å². The molecule has 3 rings (SSSR count). The van der Waals surface area contributed by atoms with Crippen molar-refractivity contribution in [1.29, 1.82) is 0 Å². The van der Waals surface area contributed by atoms with E-state index in [0.29, 0.717) is 17.7 Å². The minimum atomic E-state index is -0.816. The zero-order valence-electron chi connectivity index (χ0n) is 23.2. The summed E-state index contributed by atoms with van der Waals surface area (Å²) in [5.41, 5.74) is 5.45. The predicted octanol–water partition coefficient (Wildman–Crippen LogP) is 5.40. The number of aromatic hydroxyl groups is 1. The number of aliphatic hydroxyl groups is 2. The first kappa shape index (κ1) is 31.3. The molecule has 216 valence electrons. The number of carboxylic acids is 1. The van der Waals surface area contributed by atoms with Gasteiger partial charge >= 0.3 is 5.97 Å². The van der Waals surface area contributed by atoms with E-state index < -0.39 is 12.1 Å². The Kier molecular flexibility index (Phi) is 13.7. The molecule has 7 nitrogen and oxygen atoms in total. The van der Waals surface area contributed by atoms with Gasteiger partial charge in [-0.25, -0.2) is 0 Å². The fraction of sp³-hybridized carbons (Fsp3) is 0.424. The maximum absolute atomic E-state index is 10.9. The summed E-state index contributed by atoms with van der Waals surface area (Å²) in [5.74, 6) is -0.777. The number of phenols is 1. The first-order chi connectivity index (χ1) is 19.5. The molecule has 1 unspecified atom stereocenters. The van der Waals surface area contributed by atoms with Gasteiger partial charge in [-0.3, -0.25) is 4.79 Å². The number of carbonyl (C=O) groups is 1. The number of aryl methyl sites for hydroxylation is 1. The number of aliphatic carboxylic acids is 1. The topological polar surface area (TPSA) is 119 Å². The van der Waals surface area contributed by atoms with Crippen molar-refractivity contribution >= 4 is 5.97 Å². The van der Waals surface area contributed by atoms with E-state index in [1.807, 2.05) is 24.3 Å². The lowest BCUT2D eigenvalue weighted by molar-refractivity contribution is -0.136. The lowest BCUT2D eigenvalue weighted by Crippen LogP contribution is -2.22. The third-order valence-electron chi connectivity index (χ3n) is 6.96. The lowest BCUT2D eigenvalue weighted by atomic mass is 9.99. The molecule has 0 radical (unpaired) electrons. The van der Waals surface area contributed by atoms with Gasteiger partial charge in [-0.1, -0.05) is 67.4 Å². The Bertz CT molecular complexity index is 1160. The SMILES string of the molecule is O=C(O)Cc1ccc(-c2cccc(CCCCOCCCCCCNCC(O)c3ccc(O)c(CO)c3)c2)cc1. The molecule has 3 aromatic carbocycles. The van der Waals surface area contributed by atoms with Crippen molar-refractivity contribution in [3.05, 3.63) is 89.0 Å². The third kappa shape index (κ3) is 11.1. The second kappa shape index (κ2) is 17.5. The van der Waals surface area contributed by atoms with Crippen LogP contribution in [0.3, 0.4) is 0 Å². The van der Waals surface area contributed by atoms with Gasteiger partial charge in [0.05, 0.1) is 19.1 Å². The number of unbranched alkanes of at least 4 members (excludes halogenated alkanes) is 4. The van der Waals surface area contributed by atoms with E-state index in [-0.39, 0.29) is 18.8 Å². The molecule has 40 heavy (non-hydrogen) atoms. The molecule has 0 aliphatic rings. The number of carboxylic acid groups (broad SMARTS) is 1.